The molecule has 0 aromatic carbocycles. The summed E-state index contributed by atoms with van der Waals surface area (Å²) in [6.07, 6.45) is 1.21. The Hall–Kier alpha value is -0.750. The minimum absolute atomic E-state index is 0.00970. The number of primary sulfonamides is 1. The summed E-state index contributed by atoms with van der Waals surface area (Å²) in [5.74, 6) is -0.170. The van der Waals surface area contributed by atoms with Crippen molar-refractivity contribution in [2.75, 3.05) is 17.1 Å². The van der Waals surface area contributed by atoms with E-state index in [1.807, 2.05) is 0 Å². The van der Waals surface area contributed by atoms with E-state index in [-0.39, 0.29) is 26.9 Å². The van der Waals surface area contributed by atoms with Gasteiger partial charge in [0.1, 0.15) is 0 Å². The van der Waals surface area contributed by atoms with Gasteiger partial charge in [0.05, 0.1) is 17.6 Å². The molecular weight excluding hydrogens is 326 g/mol. The Balaban J connectivity index is 2.13. The van der Waals surface area contributed by atoms with E-state index in [0.717, 1.165) is 6.42 Å². The van der Waals surface area contributed by atoms with Crippen LogP contribution in [0.5, 0.6) is 0 Å². The summed E-state index contributed by atoms with van der Waals surface area (Å²) >= 11 is 0.696. The van der Waals surface area contributed by atoms with E-state index in [1.165, 1.54) is 6.92 Å². The number of nitrogens with zero attached hydrogens (tertiary/aromatic N) is 1. The van der Waals surface area contributed by atoms with Crippen LogP contribution in [0.2, 0.25) is 0 Å². The molecule has 2 heterocycles. The summed E-state index contributed by atoms with van der Waals surface area (Å²) in [5, 5.41) is 5.00. The molecule has 11 heteroatoms. The molecular formula is C9H15N3O5S3. The lowest BCUT2D eigenvalue weighted by Gasteiger charge is -2.10. The Morgan fingerprint density at radius 2 is 2.15 bits per heavy atom. The van der Waals surface area contributed by atoms with E-state index in [1.54, 1.807) is 0 Å². The van der Waals surface area contributed by atoms with Gasteiger partial charge in [0, 0.05) is 6.61 Å². The van der Waals surface area contributed by atoms with E-state index in [0.29, 0.717) is 24.4 Å². The summed E-state index contributed by atoms with van der Waals surface area (Å²) < 4.78 is 53.7. The maximum atomic E-state index is 11.9. The Labute approximate surface area is 121 Å². The molecule has 1 aliphatic rings. The van der Waals surface area contributed by atoms with Crippen LogP contribution in [0.3, 0.4) is 0 Å². The van der Waals surface area contributed by atoms with E-state index in [4.69, 9.17) is 9.88 Å². The van der Waals surface area contributed by atoms with Gasteiger partial charge in [-0.15, -0.1) is 0 Å². The summed E-state index contributed by atoms with van der Waals surface area (Å²) in [6, 6.07) is 0. The second-order valence-corrected chi connectivity index (χ2v) is 8.98. The molecule has 0 radical (unpaired) electrons. The molecule has 0 spiro atoms. The third-order valence-corrected chi connectivity index (χ3v) is 6.76. The Morgan fingerprint density at radius 1 is 1.45 bits per heavy atom. The number of hydrogen-bond acceptors (Lipinski definition) is 7. The lowest BCUT2D eigenvalue weighted by atomic mass is 10.3. The molecule has 1 unspecified atom stereocenters. The first kappa shape index (κ1) is 15.6. The quantitative estimate of drug-likeness (QED) is 0.777. The molecule has 1 aromatic rings. The zero-order valence-electron chi connectivity index (χ0n) is 10.7. The van der Waals surface area contributed by atoms with Crippen LogP contribution >= 0.6 is 11.3 Å². The second kappa shape index (κ2) is 5.56. The molecule has 0 bridgehead atoms. The van der Waals surface area contributed by atoms with Gasteiger partial charge < -0.3 is 4.74 Å². The van der Waals surface area contributed by atoms with Crippen molar-refractivity contribution in [2.24, 2.45) is 5.14 Å². The number of hydrogen-bond donors (Lipinski definition) is 2. The van der Waals surface area contributed by atoms with Gasteiger partial charge in [-0.3, -0.25) is 4.72 Å². The number of anilines is 1. The van der Waals surface area contributed by atoms with E-state index in [2.05, 4.69) is 9.71 Å². The highest BCUT2D eigenvalue weighted by molar-refractivity contribution is 7.93. The predicted molar refractivity (Wildman–Crippen MR) is 74.6 cm³/mol. The minimum Gasteiger partial charge on any atom is -0.377 e. The van der Waals surface area contributed by atoms with Crippen LogP contribution in [-0.4, -0.2) is 40.3 Å². The first-order chi connectivity index (χ1) is 9.17. The summed E-state index contributed by atoms with van der Waals surface area (Å²) in [7, 11) is -7.52. The van der Waals surface area contributed by atoms with Gasteiger partial charge >= 0.3 is 0 Å². The molecule has 1 fully saturated rings. The van der Waals surface area contributed by atoms with Crippen molar-refractivity contribution in [3.05, 3.63) is 5.69 Å². The molecule has 114 valence electrons. The Kier molecular flexibility index (Phi) is 4.35. The van der Waals surface area contributed by atoms with Gasteiger partial charge in [0.25, 0.3) is 0 Å². The number of nitrogens with two attached hydrogens (primary N) is 1. The Morgan fingerprint density at radius 3 is 2.65 bits per heavy atom. The average Bonchev–Trinajstić information content (AvgIpc) is 2.85. The van der Waals surface area contributed by atoms with Gasteiger partial charge in [-0.05, 0) is 19.8 Å². The number of aromatic nitrogens is 1. The topological polar surface area (TPSA) is 128 Å². The zero-order chi connectivity index (χ0) is 15.0. The molecule has 8 nitrogen and oxygen atoms in total. The maximum absolute atomic E-state index is 11.9. The number of sulfonamides is 2. The number of thiazole rings is 1. The fraction of sp³-hybridized carbons (Fsp3) is 0.667. The number of aryl methyl sites for hydroxylation is 1. The molecule has 1 atom stereocenters. The first-order valence-electron chi connectivity index (χ1n) is 5.80. The highest BCUT2D eigenvalue weighted by Crippen LogP contribution is 2.27. The van der Waals surface area contributed by atoms with Crippen LogP contribution in [0.4, 0.5) is 5.13 Å². The van der Waals surface area contributed by atoms with Gasteiger partial charge in [-0.25, -0.2) is 27.0 Å². The molecule has 1 aliphatic heterocycles. The highest BCUT2D eigenvalue weighted by Gasteiger charge is 2.25. The van der Waals surface area contributed by atoms with Gasteiger partial charge in [0.15, 0.2) is 9.34 Å². The number of rotatable bonds is 5. The monoisotopic (exact) mass is 341 g/mol. The molecule has 2 rings (SSSR count). The van der Waals surface area contributed by atoms with Crippen LogP contribution < -0.4 is 9.86 Å². The van der Waals surface area contributed by atoms with Gasteiger partial charge in [0.2, 0.25) is 20.0 Å². The second-order valence-electron chi connectivity index (χ2n) is 4.46. The first-order valence-corrected chi connectivity index (χ1v) is 9.81. The summed E-state index contributed by atoms with van der Waals surface area (Å²) in [5.41, 5.74) is 0.173. The van der Waals surface area contributed by atoms with Crippen molar-refractivity contribution in [3.8, 4) is 0 Å². The van der Waals surface area contributed by atoms with Crippen molar-refractivity contribution in [1.29, 1.82) is 0 Å². The van der Waals surface area contributed by atoms with E-state index < -0.39 is 20.0 Å². The molecule has 0 saturated carbocycles. The molecule has 0 aliphatic carbocycles. The normalized spacial score (nSPS) is 20.2. The van der Waals surface area contributed by atoms with Crippen molar-refractivity contribution in [1.82, 2.24) is 4.98 Å². The highest BCUT2D eigenvalue weighted by atomic mass is 32.2. The van der Waals surface area contributed by atoms with Crippen LogP contribution in [0.15, 0.2) is 4.21 Å². The maximum Gasteiger partial charge on any atom is 0.249 e. The van der Waals surface area contributed by atoms with Crippen LogP contribution in [0.1, 0.15) is 18.5 Å². The third-order valence-electron chi connectivity index (χ3n) is 2.68. The van der Waals surface area contributed by atoms with Crippen molar-refractivity contribution in [3.63, 3.8) is 0 Å². The molecule has 1 aromatic heterocycles. The third kappa shape index (κ3) is 3.88. The molecule has 0 amide bonds. The predicted octanol–water partition coefficient (Wildman–Crippen LogP) is 0.0196. The minimum atomic E-state index is -3.89. The average molecular weight is 341 g/mol. The largest absolute Gasteiger partial charge is 0.377 e. The molecule has 1 saturated heterocycles. The fourth-order valence-corrected chi connectivity index (χ4v) is 5.29. The standard InChI is InChI=1S/C9H15N3O5S3/c1-6-8(20(10,15)16)18-9(11-6)12-19(13,14)5-7-3-2-4-17-7/h7H,2-5H2,1H3,(H,11,12)(H2,10,15,16). The van der Waals surface area contributed by atoms with E-state index >= 15 is 0 Å². The molecule has 20 heavy (non-hydrogen) atoms. The summed E-state index contributed by atoms with van der Waals surface area (Å²) in [6.45, 7) is 2.01. The SMILES string of the molecule is Cc1nc(NS(=O)(=O)CC2CCCO2)sc1S(N)(=O)=O. The lowest BCUT2D eigenvalue weighted by molar-refractivity contribution is 0.127. The summed E-state index contributed by atoms with van der Waals surface area (Å²) in [4.78, 5) is 3.87. The number of ether oxygens (including phenoxy) is 1. The van der Waals surface area contributed by atoms with Gasteiger partial charge in [-0.1, -0.05) is 11.3 Å². The van der Waals surface area contributed by atoms with Gasteiger partial charge in [-0.2, -0.15) is 0 Å². The molecule has 3 N–H and O–H groups in total. The van der Waals surface area contributed by atoms with E-state index in [9.17, 15) is 16.8 Å². The lowest BCUT2D eigenvalue weighted by Crippen LogP contribution is -2.25. The van der Waals surface area contributed by atoms with Crippen LogP contribution in [0.25, 0.3) is 0 Å². The van der Waals surface area contributed by atoms with Crippen LogP contribution in [-0.2, 0) is 24.8 Å². The number of nitrogens with one attached hydrogen (secondary N) is 1. The van der Waals surface area contributed by atoms with Crippen molar-refractivity contribution in [2.45, 2.75) is 30.1 Å². The van der Waals surface area contributed by atoms with Crippen molar-refractivity contribution >= 4 is 36.5 Å². The fourth-order valence-electron chi connectivity index (χ4n) is 1.89. The van der Waals surface area contributed by atoms with Crippen molar-refractivity contribution < 1.29 is 21.6 Å². The Bertz CT molecular complexity index is 688. The smallest absolute Gasteiger partial charge is 0.249 e. The zero-order valence-corrected chi connectivity index (χ0v) is 13.1. The van der Waals surface area contributed by atoms with Crippen LogP contribution in [0, 0.1) is 6.92 Å².